The lowest BCUT2D eigenvalue weighted by atomic mass is 9.73. The van der Waals surface area contributed by atoms with E-state index < -0.39 is 16.9 Å². The number of fused-ring (bicyclic) bond motifs is 2. The van der Waals surface area contributed by atoms with Gasteiger partial charge in [0.2, 0.25) is 11.1 Å². The van der Waals surface area contributed by atoms with Gasteiger partial charge in [-0.15, -0.1) is 5.10 Å². The molecule has 1 N–H and O–H groups in total. The maximum atomic E-state index is 12.9. The Morgan fingerprint density at radius 3 is 2.88 bits per heavy atom. The van der Waals surface area contributed by atoms with Crippen molar-refractivity contribution in [3.63, 3.8) is 0 Å². The van der Waals surface area contributed by atoms with Crippen LogP contribution >= 0.6 is 11.8 Å². The zero-order valence-corrected chi connectivity index (χ0v) is 15.2. The number of nitro groups is 1. The van der Waals surface area contributed by atoms with Crippen LogP contribution in [0.3, 0.4) is 0 Å². The monoisotopic (exact) mass is 375 g/mol. The predicted octanol–water partition coefficient (Wildman–Crippen LogP) is 3.02. The fraction of sp³-hybridized carbons (Fsp3) is 0.438. The molecule has 1 aliphatic carbocycles. The van der Waals surface area contributed by atoms with Crippen molar-refractivity contribution in [1.29, 1.82) is 0 Å². The number of rotatable bonds is 3. The van der Waals surface area contributed by atoms with Crippen LogP contribution in [0.5, 0.6) is 0 Å². The van der Waals surface area contributed by atoms with Crippen LogP contribution < -0.4 is 5.32 Å². The molecule has 10 heteroatoms. The van der Waals surface area contributed by atoms with E-state index in [0.29, 0.717) is 23.3 Å². The predicted molar refractivity (Wildman–Crippen MR) is 93.9 cm³/mol. The van der Waals surface area contributed by atoms with Crippen LogP contribution in [0.2, 0.25) is 0 Å². The minimum absolute atomic E-state index is 0.0379. The molecule has 0 saturated carbocycles. The van der Waals surface area contributed by atoms with E-state index in [9.17, 15) is 14.9 Å². The number of allylic oxidation sites excluding steroid dienone is 2. The van der Waals surface area contributed by atoms with Crippen molar-refractivity contribution < 1.29 is 14.1 Å². The lowest BCUT2D eigenvalue weighted by Crippen LogP contribution is -2.41. The Labute approximate surface area is 153 Å². The third-order valence-electron chi connectivity index (χ3n) is 4.57. The van der Waals surface area contributed by atoms with Gasteiger partial charge in [0, 0.05) is 12.1 Å². The summed E-state index contributed by atoms with van der Waals surface area (Å²) in [6, 6.07) is 2.22. The van der Waals surface area contributed by atoms with E-state index in [1.54, 1.807) is 4.68 Å². The Hall–Kier alpha value is -2.62. The maximum absolute atomic E-state index is 12.9. The van der Waals surface area contributed by atoms with Crippen molar-refractivity contribution in [3.8, 4) is 0 Å². The number of nitrogens with one attached hydrogen (secondary N) is 1. The molecule has 0 bridgehead atoms. The minimum Gasteiger partial charge on any atom is -0.403 e. The molecule has 9 nitrogen and oxygen atoms in total. The van der Waals surface area contributed by atoms with Crippen LogP contribution in [-0.2, 0) is 4.79 Å². The molecule has 0 radical (unpaired) electrons. The standard InChI is InChI=1S/C16H17N5O4S/c1-16(2)6-8-12(9(22)7-16)13(10-4-5-11(25-10)21(23)24)20-14(17-8)18-15(19-20)26-3/h4-6,12-13H,7H2,1-3H3,(H,17,18,19)/t12-,13-/m1/s1. The number of furan rings is 1. The Morgan fingerprint density at radius 1 is 1.46 bits per heavy atom. The van der Waals surface area contributed by atoms with Gasteiger partial charge in [-0.3, -0.25) is 14.9 Å². The van der Waals surface area contributed by atoms with Gasteiger partial charge < -0.3 is 9.73 Å². The fourth-order valence-electron chi connectivity index (χ4n) is 3.58. The summed E-state index contributed by atoms with van der Waals surface area (Å²) < 4.78 is 7.02. The van der Waals surface area contributed by atoms with Crippen LogP contribution in [0.25, 0.3) is 0 Å². The average molecular weight is 375 g/mol. The summed E-state index contributed by atoms with van der Waals surface area (Å²) in [5.41, 5.74) is 0.461. The number of ketones is 1. The zero-order valence-electron chi connectivity index (χ0n) is 14.4. The molecule has 0 unspecified atom stereocenters. The van der Waals surface area contributed by atoms with Gasteiger partial charge in [0.05, 0.1) is 12.0 Å². The second-order valence-electron chi connectivity index (χ2n) is 7.08. The van der Waals surface area contributed by atoms with Crippen LogP contribution in [0, 0.1) is 21.4 Å². The first-order valence-electron chi connectivity index (χ1n) is 8.06. The van der Waals surface area contributed by atoms with E-state index in [-0.39, 0.29) is 17.1 Å². The average Bonchev–Trinajstić information content (AvgIpc) is 3.18. The number of nitrogens with zero attached hydrogens (tertiary/aromatic N) is 4. The SMILES string of the molecule is CSc1nc2n(n1)[C@H](c1ccc([N+](=O)[O-])o1)[C@H]1C(=O)CC(C)(C)C=C1N2. The van der Waals surface area contributed by atoms with Gasteiger partial charge in [-0.1, -0.05) is 31.7 Å². The first-order valence-corrected chi connectivity index (χ1v) is 9.29. The molecule has 4 rings (SSSR count). The molecule has 136 valence electrons. The Morgan fingerprint density at radius 2 is 2.23 bits per heavy atom. The number of hydrogen-bond donors (Lipinski definition) is 1. The summed E-state index contributed by atoms with van der Waals surface area (Å²) in [4.78, 5) is 27.8. The highest BCUT2D eigenvalue weighted by atomic mass is 32.2. The molecule has 2 atom stereocenters. The molecule has 2 aromatic rings. The van der Waals surface area contributed by atoms with Crippen molar-refractivity contribution in [1.82, 2.24) is 14.8 Å². The van der Waals surface area contributed by atoms with Crippen molar-refractivity contribution in [2.24, 2.45) is 11.3 Å². The highest BCUT2D eigenvalue weighted by Gasteiger charge is 2.46. The number of carbonyl (C=O) groups is 1. The van der Waals surface area contributed by atoms with E-state index in [0.717, 1.165) is 5.70 Å². The minimum atomic E-state index is -0.608. The lowest BCUT2D eigenvalue weighted by molar-refractivity contribution is -0.402. The second kappa shape index (κ2) is 5.70. The molecule has 26 heavy (non-hydrogen) atoms. The normalized spacial score (nSPS) is 23.7. The summed E-state index contributed by atoms with van der Waals surface area (Å²) in [6.07, 6.45) is 4.26. The first-order chi connectivity index (χ1) is 12.3. The second-order valence-corrected chi connectivity index (χ2v) is 7.85. The van der Waals surface area contributed by atoms with Gasteiger partial charge in [-0.25, -0.2) is 4.68 Å². The Balaban J connectivity index is 1.89. The summed E-state index contributed by atoms with van der Waals surface area (Å²) in [6.45, 7) is 3.99. The quantitative estimate of drug-likeness (QED) is 0.494. The maximum Gasteiger partial charge on any atom is 0.433 e. The topological polar surface area (TPSA) is 116 Å². The smallest absolute Gasteiger partial charge is 0.403 e. The van der Waals surface area contributed by atoms with E-state index >= 15 is 0 Å². The summed E-state index contributed by atoms with van der Waals surface area (Å²) >= 11 is 1.38. The molecule has 0 amide bonds. The van der Waals surface area contributed by atoms with Crippen LogP contribution in [0.4, 0.5) is 11.8 Å². The molecule has 0 saturated heterocycles. The van der Waals surface area contributed by atoms with Gasteiger partial charge in [0.1, 0.15) is 22.5 Å². The van der Waals surface area contributed by atoms with Crippen molar-refractivity contribution in [2.75, 3.05) is 11.6 Å². The molecular formula is C16H17N5O4S. The first kappa shape index (κ1) is 16.8. The largest absolute Gasteiger partial charge is 0.433 e. The van der Waals surface area contributed by atoms with E-state index in [1.165, 1.54) is 23.9 Å². The molecule has 3 heterocycles. The van der Waals surface area contributed by atoms with Gasteiger partial charge in [0.15, 0.2) is 0 Å². The third-order valence-corrected chi connectivity index (χ3v) is 5.11. The van der Waals surface area contributed by atoms with Crippen LogP contribution in [0.1, 0.15) is 32.1 Å². The van der Waals surface area contributed by atoms with Crippen LogP contribution in [-0.4, -0.2) is 31.7 Å². The van der Waals surface area contributed by atoms with Crippen molar-refractivity contribution >= 4 is 29.4 Å². The number of carbonyl (C=O) groups excluding carboxylic acids is 1. The number of anilines is 1. The number of aromatic nitrogens is 3. The van der Waals surface area contributed by atoms with Gasteiger partial charge in [0.25, 0.3) is 0 Å². The van der Waals surface area contributed by atoms with Gasteiger partial charge in [-0.05, 0) is 17.7 Å². The molecule has 0 fully saturated rings. The summed E-state index contributed by atoms with van der Waals surface area (Å²) in [7, 11) is 0. The third kappa shape index (κ3) is 2.61. The van der Waals surface area contributed by atoms with Crippen LogP contribution in [0.15, 0.2) is 33.5 Å². The summed E-state index contributed by atoms with van der Waals surface area (Å²) in [5.74, 6) is -0.0552. The molecular weight excluding hydrogens is 358 g/mol. The molecule has 2 aliphatic rings. The van der Waals surface area contributed by atoms with E-state index in [1.807, 2.05) is 26.2 Å². The molecule has 2 aromatic heterocycles. The zero-order chi connectivity index (χ0) is 18.6. The van der Waals surface area contributed by atoms with Gasteiger partial charge in [-0.2, -0.15) is 4.98 Å². The molecule has 0 aromatic carbocycles. The number of Topliss-reactive ketones (excluding diaryl/α,β-unsaturated/α-hetero) is 1. The molecule has 0 spiro atoms. The van der Waals surface area contributed by atoms with Crippen molar-refractivity contribution in [2.45, 2.75) is 31.5 Å². The Kier molecular flexibility index (Phi) is 3.69. The van der Waals surface area contributed by atoms with Crippen molar-refractivity contribution in [3.05, 3.63) is 39.8 Å². The highest BCUT2D eigenvalue weighted by molar-refractivity contribution is 7.98. The highest BCUT2D eigenvalue weighted by Crippen LogP contribution is 2.46. The number of hydrogen-bond acceptors (Lipinski definition) is 8. The Bertz CT molecular complexity index is 944. The summed E-state index contributed by atoms with van der Waals surface area (Å²) in [5, 5.41) is 19.2. The van der Waals surface area contributed by atoms with E-state index in [2.05, 4.69) is 15.4 Å². The van der Waals surface area contributed by atoms with E-state index in [4.69, 9.17) is 4.42 Å². The lowest BCUT2D eigenvalue weighted by Gasteiger charge is -2.39. The fourth-order valence-corrected chi connectivity index (χ4v) is 3.93. The number of thioether (sulfide) groups is 1. The van der Waals surface area contributed by atoms with Gasteiger partial charge >= 0.3 is 5.88 Å². The molecule has 1 aliphatic heterocycles.